The molecule has 2 N–H and O–H groups in total. The minimum Gasteiger partial charge on any atom is -0.396 e. The Morgan fingerprint density at radius 2 is 2.05 bits per heavy atom. The van der Waals surface area contributed by atoms with Crippen molar-refractivity contribution in [1.82, 2.24) is 5.32 Å². The van der Waals surface area contributed by atoms with Gasteiger partial charge in [0.25, 0.3) is 0 Å². The van der Waals surface area contributed by atoms with Crippen LogP contribution in [0.1, 0.15) is 48.4 Å². The maximum Gasteiger partial charge on any atom is 0.0462 e. The first-order valence-electron chi connectivity index (χ1n) is 7.71. The highest BCUT2D eigenvalue weighted by Gasteiger charge is 2.28. The van der Waals surface area contributed by atoms with Crippen LogP contribution in [0.15, 0.2) is 18.2 Å². The zero-order valence-electron chi connectivity index (χ0n) is 11.9. The first-order valence-corrected chi connectivity index (χ1v) is 7.71. The predicted molar refractivity (Wildman–Crippen MR) is 78.2 cm³/mol. The van der Waals surface area contributed by atoms with E-state index in [2.05, 4.69) is 30.4 Å². The number of nitrogens with one attached hydrogen (secondary N) is 1. The molecule has 3 unspecified atom stereocenters. The summed E-state index contributed by atoms with van der Waals surface area (Å²) < 4.78 is 0. The third kappa shape index (κ3) is 2.70. The zero-order valence-corrected chi connectivity index (χ0v) is 11.9. The van der Waals surface area contributed by atoms with Crippen molar-refractivity contribution in [1.29, 1.82) is 0 Å². The van der Waals surface area contributed by atoms with Gasteiger partial charge in [0.2, 0.25) is 0 Å². The van der Waals surface area contributed by atoms with E-state index in [0.29, 0.717) is 24.5 Å². The summed E-state index contributed by atoms with van der Waals surface area (Å²) in [5.41, 5.74) is 4.40. The molecule has 1 fully saturated rings. The first-order chi connectivity index (χ1) is 9.28. The van der Waals surface area contributed by atoms with E-state index in [1.54, 1.807) is 0 Å². The van der Waals surface area contributed by atoms with Crippen molar-refractivity contribution in [2.45, 2.75) is 45.1 Å². The third-order valence-corrected chi connectivity index (χ3v) is 5.06. The molecule has 0 heterocycles. The summed E-state index contributed by atoms with van der Waals surface area (Å²) in [7, 11) is 0. The third-order valence-electron chi connectivity index (χ3n) is 5.06. The van der Waals surface area contributed by atoms with Gasteiger partial charge in [0.05, 0.1) is 0 Å². The summed E-state index contributed by atoms with van der Waals surface area (Å²) in [6.45, 7) is 3.62. The molecule has 1 saturated carbocycles. The van der Waals surface area contributed by atoms with Crippen LogP contribution < -0.4 is 5.32 Å². The van der Waals surface area contributed by atoms with Gasteiger partial charge in [-0.1, -0.05) is 30.2 Å². The number of aliphatic hydroxyl groups excluding tert-OH is 1. The van der Waals surface area contributed by atoms with Gasteiger partial charge in [0.1, 0.15) is 0 Å². The Hall–Kier alpha value is -0.860. The van der Waals surface area contributed by atoms with E-state index in [-0.39, 0.29) is 0 Å². The van der Waals surface area contributed by atoms with E-state index in [1.807, 2.05) is 0 Å². The second kappa shape index (κ2) is 5.64. The smallest absolute Gasteiger partial charge is 0.0462 e. The normalized spacial score (nSPS) is 29.7. The summed E-state index contributed by atoms with van der Waals surface area (Å²) in [6.07, 6.45) is 6.23. The molecule has 0 aromatic heterocycles. The number of hydrogen-bond donors (Lipinski definition) is 2. The number of fused-ring (bicyclic) bond motifs is 1. The van der Waals surface area contributed by atoms with Gasteiger partial charge in [0, 0.05) is 12.6 Å². The average molecular weight is 259 g/mol. The van der Waals surface area contributed by atoms with Gasteiger partial charge in [-0.2, -0.15) is 0 Å². The summed E-state index contributed by atoms with van der Waals surface area (Å²) in [5, 5.41) is 13.2. The molecule has 0 saturated heterocycles. The molecule has 3 atom stereocenters. The van der Waals surface area contributed by atoms with Crippen LogP contribution in [0.4, 0.5) is 0 Å². The Morgan fingerprint density at radius 3 is 2.89 bits per heavy atom. The summed E-state index contributed by atoms with van der Waals surface area (Å²) in [6, 6.07) is 7.39. The largest absolute Gasteiger partial charge is 0.396 e. The predicted octanol–water partition coefficient (Wildman–Crippen LogP) is 2.98. The van der Waals surface area contributed by atoms with Crippen LogP contribution in [-0.2, 0) is 6.42 Å². The minimum absolute atomic E-state index is 0.368. The van der Waals surface area contributed by atoms with Crippen molar-refractivity contribution in [2.75, 3.05) is 13.2 Å². The molecule has 1 aromatic rings. The lowest BCUT2D eigenvalue weighted by atomic mass is 9.96. The van der Waals surface area contributed by atoms with Gasteiger partial charge >= 0.3 is 0 Å². The molecular weight excluding hydrogens is 234 g/mol. The maximum absolute atomic E-state index is 9.39. The Bertz CT molecular complexity index is 443. The fourth-order valence-corrected chi connectivity index (χ4v) is 3.85. The molecule has 0 bridgehead atoms. The van der Waals surface area contributed by atoms with Crippen LogP contribution in [0.25, 0.3) is 0 Å². The van der Waals surface area contributed by atoms with Gasteiger partial charge in [-0.05, 0) is 62.1 Å². The number of hydrogen-bond acceptors (Lipinski definition) is 2. The van der Waals surface area contributed by atoms with E-state index >= 15 is 0 Å². The fraction of sp³-hybridized carbons (Fsp3) is 0.647. The van der Waals surface area contributed by atoms with Crippen molar-refractivity contribution in [2.24, 2.45) is 11.8 Å². The van der Waals surface area contributed by atoms with Gasteiger partial charge in [-0.3, -0.25) is 0 Å². The molecule has 2 aliphatic carbocycles. The van der Waals surface area contributed by atoms with Crippen molar-refractivity contribution >= 4 is 0 Å². The van der Waals surface area contributed by atoms with Gasteiger partial charge in [-0.15, -0.1) is 0 Å². The topological polar surface area (TPSA) is 32.3 Å². The van der Waals surface area contributed by atoms with E-state index in [0.717, 1.165) is 6.54 Å². The van der Waals surface area contributed by atoms with Gasteiger partial charge < -0.3 is 10.4 Å². The lowest BCUT2D eigenvalue weighted by molar-refractivity contribution is 0.190. The van der Waals surface area contributed by atoms with E-state index < -0.39 is 0 Å². The molecule has 2 heteroatoms. The first kappa shape index (κ1) is 13.1. The zero-order chi connectivity index (χ0) is 13.2. The summed E-state index contributed by atoms with van der Waals surface area (Å²) in [4.78, 5) is 0. The standard InChI is InChI=1S/C17H25NO/c1-12-5-6-13-7-8-17(16(13)9-12)18-10-14-3-2-4-15(14)11-19/h5-6,9,14-15,17-19H,2-4,7-8,10-11H2,1H3. The van der Waals surface area contributed by atoms with Crippen LogP contribution in [0.2, 0.25) is 0 Å². The molecule has 3 rings (SSSR count). The molecule has 0 spiro atoms. The number of aliphatic hydroxyl groups is 1. The van der Waals surface area contributed by atoms with Crippen molar-refractivity contribution in [3.05, 3.63) is 34.9 Å². The average Bonchev–Trinajstić information content (AvgIpc) is 3.02. The highest BCUT2D eigenvalue weighted by atomic mass is 16.3. The number of benzene rings is 1. The van der Waals surface area contributed by atoms with Crippen molar-refractivity contribution < 1.29 is 5.11 Å². The minimum atomic E-state index is 0.368. The lowest BCUT2D eigenvalue weighted by Gasteiger charge is -2.21. The van der Waals surface area contributed by atoms with Gasteiger partial charge in [-0.25, -0.2) is 0 Å². The van der Waals surface area contributed by atoms with E-state index in [9.17, 15) is 5.11 Å². The molecule has 104 valence electrons. The maximum atomic E-state index is 9.39. The quantitative estimate of drug-likeness (QED) is 0.871. The van der Waals surface area contributed by atoms with Crippen LogP contribution >= 0.6 is 0 Å². The van der Waals surface area contributed by atoms with E-state index in [1.165, 1.54) is 48.8 Å². The molecule has 19 heavy (non-hydrogen) atoms. The molecule has 2 aliphatic rings. The van der Waals surface area contributed by atoms with Crippen LogP contribution in [0.3, 0.4) is 0 Å². The number of rotatable bonds is 4. The molecule has 0 aliphatic heterocycles. The van der Waals surface area contributed by atoms with Crippen molar-refractivity contribution in [3.8, 4) is 0 Å². The molecule has 0 radical (unpaired) electrons. The van der Waals surface area contributed by atoms with Crippen LogP contribution in [0, 0.1) is 18.8 Å². The summed E-state index contributed by atoms with van der Waals surface area (Å²) >= 11 is 0. The number of aryl methyl sites for hydroxylation is 2. The molecule has 1 aromatic carbocycles. The Balaban J connectivity index is 1.62. The molecular formula is C17H25NO. The Morgan fingerprint density at radius 1 is 1.21 bits per heavy atom. The fourth-order valence-electron chi connectivity index (χ4n) is 3.85. The lowest BCUT2D eigenvalue weighted by Crippen LogP contribution is -2.29. The monoisotopic (exact) mass is 259 g/mol. The Kier molecular flexibility index (Phi) is 3.90. The van der Waals surface area contributed by atoms with E-state index in [4.69, 9.17) is 0 Å². The highest BCUT2D eigenvalue weighted by Crippen LogP contribution is 2.34. The van der Waals surface area contributed by atoms with Crippen LogP contribution in [-0.4, -0.2) is 18.3 Å². The van der Waals surface area contributed by atoms with Crippen LogP contribution in [0.5, 0.6) is 0 Å². The highest BCUT2D eigenvalue weighted by molar-refractivity contribution is 5.37. The van der Waals surface area contributed by atoms with Crippen molar-refractivity contribution in [3.63, 3.8) is 0 Å². The molecule has 0 amide bonds. The van der Waals surface area contributed by atoms with Gasteiger partial charge in [0.15, 0.2) is 0 Å². The molecule has 2 nitrogen and oxygen atoms in total. The Labute approximate surface area is 116 Å². The summed E-state index contributed by atoms with van der Waals surface area (Å²) in [5.74, 6) is 1.21. The second-order valence-electron chi connectivity index (χ2n) is 6.34. The second-order valence-corrected chi connectivity index (χ2v) is 6.34. The SMILES string of the molecule is Cc1ccc2c(c1)C(NCC1CCCC1CO)CC2.